The second-order valence-electron chi connectivity index (χ2n) is 4.88. The molecule has 1 aromatic carbocycles. The van der Waals surface area contributed by atoms with Gasteiger partial charge in [0, 0.05) is 17.7 Å². The van der Waals surface area contributed by atoms with Crippen molar-refractivity contribution >= 4 is 11.6 Å². The molecule has 0 saturated carbocycles. The summed E-state index contributed by atoms with van der Waals surface area (Å²) in [6.07, 6.45) is 2.71. The van der Waals surface area contributed by atoms with Crippen molar-refractivity contribution in [1.29, 1.82) is 0 Å². The molecule has 0 bridgehead atoms. The van der Waals surface area contributed by atoms with Gasteiger partial charge in [0.05, 0.1) is 0 Å². The van der Waals surface area contributed by atoms with Gasteiger partial charge in [-0.1, -0.05) is 6.07 Å². The largest absolute Gasteiger partial charge is 0.326 e. The normalized spacial score (nSPS) is 19.6. The first-order valence-electron chi connectivity index (χ1n) is 6.42. The summed E-state index contributed by atoms with van der Waals surface area (Å²) in [4.78, 5) is 11.9. The number of hydrogen-bond donors (Lipinski definition) is 2. The lowest BCUT2D eigenvalue weighted by Crippen LogP contribution is -2.32. The summed E-state index contributed by atoms with van der Waals surface area (Å²) in [5, 5.41) is 6.08. The number of rotatable bonds is 3. The average Bonchev–Trinajstić information content (AvgIpc) is 2.36. The van der Waals surface area contributed by atoms with Gasteiger partial charge in [-0.15, -0.1) is 0 Å². The van der Waals surface area contributed by atoms with E-state index in [4.69, 9.17) is 0 Å². The number of hydrogen-bond acceptors (Lipinski definition) is 2. The van der Waals surface area contributed by atoms with Gasteiger partial charge in [0.2, 0.25) is 5.91 Å². The third-order valence-electron chi connectivity index (χ3n) is 3.41. The van der Waals surface area contributed by atoms with Crippen LogP contribution < -0.4 is 10.6 Å². The predicted octanol–water partition coefficient (Wildman–Crippen LogP) is 2.46. The van der Waals surface area contributed by atoms with Gasteiger partial charge in [-0.2, -0.15) is 0 Å². The van der Waals surface area contributed by atoms with Crippen LogP contribution in [0.5, 0.6) is 0 Å². The van der Waals surface area contributed by atoms with Crippen LogP contribution in [-0.4, -0.2) is 19.0 Å². The molecule has 1 aromatic rings. The molecule has 0 aliphatic carbocycles. The number of halogens is 1. The number of piperidine rings is 1. The molecule has 0 aromatic heterocycles. The fourth-order valence-corrected chi connectivity index (χ4v) is 2.30. The molecule has 98 valence electrons. The summed E-state index contributed by atoms with van der Waals surface area (Å²) in [6, 6.07) is 4.74. The second-order valence-corrected chi connectivity index (χ2v) is 4.88. The monoisotopic (exact) mass is 250 g/mol. The second kappa shape index (κ2) is 5.96. The molecule has 0 radical (unpaired) electrons. The Kier molecular flexibility index (Phi) is 4.31. The molecule has 1 heterocycles. The lowest BCUT2D eigenvalue weighted by Gasteiger charge is -2.22. The van der Waals surface area contributed by atoms with Crippen LogP contribution in [-0.2, 0) is 4.79 Å². The van der Waals surface area contributed by atoms with Crippen molar-refractivity contribution in [3.05, 3.63) is 29.6 Å². The van der Waals surface area contributed by atoms with Crippen molar-refractivity contribution in [2.24, 2.45) is 5.92 Å². The van der Waals surface area contributed by atoms with Crippen LogP contribution >= 0.6 is 0 Å². The lowest BCUT2D eigenvalue weighted by molar-refractivity contribution is -0.117. The van der Waals surface area contributed by atoms with Crippen LogP contribution in [0.1, 0.15) is 24.8 Å². The van der Waals surface area contributed by atoms with Crippen molar-refractivity contribution in [3.8, 4) is 0 Å². The summed E-state index contributed by atoms with van der Waals surface area (Å²) in [7, 11) is 0. The van der Waals surface area contributed by atoms with Gasteiger partial charge in [-0.05, 0) is 50.9 Å². The van der Waals surface area contributed by atoms with Crippen molar-refractivity contribution < 1.29 is 9.18 Å². The zero-order valence-electron chi connectivity index (χ0n) is 10.6. The molecule has 1 saturated heterocycles. The minimum absolute atomic E-state index is 0.0302. The first-order chi connectivity index (χ1) is 8.66. The number of benzene rings is 1. The summed E-state index contributed by atoms with van der Waals surface area (Å²) in [6.45, 7) is 3.61. The Hall–Kier alpha value is -1.42. The van der Waals surface area contributed by atoms with Gasteiger partial charge in [0.15, 0.2) is 0 Å². The smallest absolute Gasteiger partial charge is 0.224 e. The Morgan fingerprint density at radius 1 is 1.56 bits per heavy atom. The SMILES string of the molecule is Cc1c(F)cccc1NC(=O)CC1CCCNC1. The third-order valence-corrected chi connectivity index (χ3v) is 3.41. The highest BCUT2D eigenvalue weighted by atomic mass is 19.1. The molecule has 1 amide bonds. The minimum atomic E-state index is -0.285. The van der Waals surface area contributed by atoms with E-state index in [2.05, 4.69) is 10.6 Å². The number of amides is 1. The first-order valence-corrected chi connectivity index (χ1v) is 6.42. The molecule has 1 aliphatic heterocycles. The Balaban J connectivity index is 1.92. The van der Waals surface area contributed by atoms with Crippen LogP contribution in [0.25, 0.3) is 0 Å². The van der Waals surface area contributed by atoms with Gasteiger partial charge in [-0.25, -0.2) is 4.39 Å². The molecular formula is C14H19FN2O. The maximum absolute atomic E-state index is 13.3. The van der Waals surface area contributed by atoms with Crippen molar-refractivity contribution in [3.63, 3.8) is 0 Å². The maximum Gasteiger partial charge on any atom is 0.224 e. The Labute approximate surface area is 107 Å². The number of carbonyl (C=O) groups is 1. The molecule has 4 heteroatoms. The highest BCUT2D eigenvalue weighted by Crippen LogP contribution is 2.19. The van der Waals surface area contributed by atoms with Crippen LogP contribution in [0, 0.1) is 18.7 Å². The van der Waals surface area contributed by atoms with Crippen LogP contribution in [0.2, 0.25) is 0 Å². The number of carbonyl (C=O) groups excluding carboxylic acids is 1. The third kappa shape index (κ3) is 3.29. The Morgan fingerprint density at radius 3 is 3.11 bits per heavy atom. The van der Waals surface area contributed by atoms with Crippen LogP contribution in [0.15, 0.2) is 18.2 Å². The number of anilines is 1. The van der Waals surface area contributed by atoms with E-state index in [9.17, 15) is 9.18 Å². The Morgan fingerprint density at radius 2 is 2.39 bits per heavy atom. The maximum atomic E-state index is 13.3. The van der Waals surface area contributed by atoms with Gasteiger partial charge in [0.25, 0.3) is 0 Å². The molecule has 2 rings (SSSR count). The zero-order chi connectivity index (χ0) is 13.0. The Bertz CT molecular complexity index is 428. The molecular weight excluding hydrogens is 231 g/mol. The van der Waals surface area contributed by atoms with Gasteiger partial charge in [-0.3, -0.25) is 4.79 Å². The fourth-order valence-electron chi connectivity index (χ4n) is 2.30. The van der Waals surface area contributed by atoms with E-state index in [-0.39, 0.29) is 11.7 Å². The molecule has 2 N–H and O–H groups in total. The van der Waals surface area contributed by atoms with E-state index >= 15 is 0 Å². The van der Waals surface area contributed by atoms with E-state index in [0.717, 1.165) is 25.9 Å². The molecule has 1 unspecified atom stereocenters. The van der Waals surface area contributed by atoms with Crippen molar-refractivity contribution in [2.45, 2.75) is 26.2 Å². The molecule has 0 spiro atoms. The van der Waals surface area contributed by atoms with Gasteiger partial charge >= 0.3 is 0 Å². The molecule has 18 heavy (non-hydrogen) atoms. The van der Waals surface area contributed by atoms with Crippen LogP contribution in [0.3, 0.4) is 0 Å². The molecule has 1 atom stereocenters. The number of nitrogens with one attached hydrogen (secondary N) is 2. The van der Waals surface area contributed by atoms with E-state index in [1.807, 2.05) is 0 Å². The van der Waals surface area contributed by atoms with Gasteiger partial charge < -0.3 is 10.6 Å². The summed E-state index contributed by atoms with van der Waals surface area (Å²) in [5.74, 6) is 0.0807. The van der Waals surface area contributed by atoms with Crippen molar-refractivity contribution in [2.75, 3.05) is 18.4 Å². The van der Waals surface area contributed by atoms with E-state index < -0.39 is 0 Å². The summed E-state index contributed by atoms with van der Waals surface area (Å²) < 4.78 is 13.3. The highest BCUT2D eigenvalue weighted by Gasteiger charge is 2.17. The van der Waals surface area contributed by atoms with E-state index in [0.29, 0.717) is 23.6 Å². The average molecular weight is 250 g/mol. The molecule has 3 nitrogen and oxygen atoms in total. The van der Waals surface area contributed by atoms with Gasteiger partial charge in [0.1, 0.15) is 5.82 Å². The van der Waals surface area contributed by atoms with E-state index in [1.54, 1.807) is 19.1 Å². The predicted molar refractivity (Wildman–Crippen MR) is 70.0 cm³/mol. The lowest BCUT2D eigenvalue weighted by atomic mass is 9.96. The fraction of sp³-hybridized carbons (Fsp3) is 0.500. The minimum Gasteiger partial charge on any atom is -0.326 e. The first kappa shape index (κ1) is 13.0. The topological polar surface area (TPSA) is 41.1 Å². The highest BCUT2D eigenvalue weighted by molar-refractivity contribution is 5.91. The quantitative estimate of drug-likeness (QED) is 0.865. The summed E-state index contributed by atoms with van der Waals surface area (Å²) in [5.41, 5.74) is 1.07. The van der Waals surface area contributed by atoms with Crippen LogP contribution in [0.4, 0.5) is 10.1 Å². The molecule has 1 fully saturated rings. The standard InChI is InChI=1S/C14H19FN2O/c1-10-12(15)5-2-6-13(10)17-14(18)8-11-4-3-7-16-9-11/h2,5-6,11,16H,3-4,7-9H2,1H3,(H,17,18). The summed E-state index contributed by atoms with van der Waals surface area (Å²) >= 11 is 0. The van der Waals surface area contributed by atoms with E-state index in [1.165, 1.54) is 6.07 Å². The zero-order valence-corrected chi connectivity index (χ0v) is 10.6. The van der Waals surface area contributed by atoms with Crippen molar-refractivity contribution in [1.82, 2.24) is 5.32 Å². The molecule has 1 aliphatic rings.